The lowest BCUT2D eigenvalue weighted by molar-refractivity contribution is -0.138. The van der Waals surface area contributed by atoms with E-state index in [1.54, 1.807) is 13.2 Å². The Morgan fingerprint density at radius 1 is 1.15 bits per heavy atom. The van der Waals surface area contributed by atoms with E-state index in [4.69, 9.17) is 9.47 Å². The van der Waals surface area contributed by atoms with Crippen LogP contribution in [0.25, 0.3) is 0 Å². The Hall–Kier alpha value is -1.27. The predicted octanol–water partition coefficient (Wildman–Crippen LogP) is 3.48. The molecule has 0 aliphatic carbocycles. The first-order valence-corrected chi connectivity index (χ1v) is 6.43. The molecule has 0 bridgehead atoms. The molecule has 0 unspecified atom stereocenters. The maximum atomic E-state index is 12.7. The normalized spacial score (nSPS) is 11.7. The van der Waals surface area contributed by atoms with Crippen LogP contribution in [-0.4, -0.2) is 33.5 Å². The second kappa shape index (κ2) is 8.11. The number of benzene rings is 1. The standard InChI is InChI=1S/C14H20F3NO2/c1-11-4-5-12(10-13(11)14(15,16)17)18-6-9-20-8-3-7-19-2/h4-5,10,18H,3,6-9H2,1-2H3. The zero-order valence-electron chi connectivity index (χ0n) is 11.7. The zero-order valence-corrected chi connectivity index (χ0v) is 11.7. The van der Waals surface area contributed by atoms with Crippen molar-refractivity contribution < 1.29 is 22.6 Å². The van der Waals surface area contributed by atoms with Gasteiger partial charge in [0.15, 0.2) is 0 Å². The number of nitrogens with one attached hydrogen (secondary N) is 1. The summed E-state index contributed by atoms with van der Waals surface area (Å²) in [5.74, 6) is 0. The van der Waals surface area contributed by atoms with E-state index < -0.39 is 11.7 Å². The van der Waals surface area contributed by atoms with Crippen LogP contribution in [0.2, 0.25) is 0 Å². The lowest BCUT2D eigenvalue weighted by Gasteiger charge is -2.13. The monoisotopic (exact) mass is 291 g/mol. The molecule has 0 saturated heterocycles. The topological polar surface area (TPSA) is 30.5 Å². The van der Waals surface area contributed by atoms with Gasteiger partial charge in [-0.1, -0.05) is 6.07 Å². The van der Waals surface area contributed by atoms with Gasteiger partial charge in [0.05, 0.1) is 12.2 Å². The lowest BCUT2D eigenvalue weighted by atomic mass is 10.1. The third-order valence-electron chi connectivity index (χ3n) is 2.76. The van der Waals surface area contributed by atoms with Gasteiger partial charge in [-0.15, -0.1) is 0 Å². The first-order valence-electron chi connectivity index (χ1n) is 6.43. The summed E-state index contributed by atoms with van der Waals surface area (Å²) in [6.45, 7) is 3.58. The number of rotatable bonds is 8. The first kappa shape index (κ1) is 16.8. The Labute approximate surface area is 117 Å². The summed E-state index contributed by atoms with van der Waals surface area (Å²) in [5, 5.41) is 2.92. The van der Waals surface area contributed by atoms with Crippen molar-refractivity contribution in [3.63, 3.8) is 0 Å². The van der Waals surface area contributed by atoms with Gasteiger partial charge in [0.25, 0.3) is 0 Å². The molecule has 0 aliphatic rings. The summed E-state index contributed by atoms with van der Waals surface area (Å²) in [6.07, 6.45) is -3.52. The second-order valence-electron chi connectivity index (χ2n) is 4.41. The minimum atomic E-state index is -4.32. The molecule has 6 heteroatoms. The van der Waals surface area contributed by atoms with Crippen LogP contribution < -0.4 is 5.32 Å². The van der Waals surface area contributed by atoms with Gasteiger partial charge in [-0.2, -0.15) is 13.2 Å². The van der Waals surface area contributed by atoms with Crippen molar-refractivity contribution in [2.75, 3.05) is 38.8 Å². The fourth-order valence-corrected chi connectivity index (χ4v) is 1.71. The predicted molar refractivity (Wildman–Crippen MR) is 72.0 cm³/mol. The van der Waals surface area contributed by atoms with Crippen molar-refractivity contribution in [3.8, 4) is 0 Å². The summed E-state index contributed by atoms with van der Waals surface area (Å²) in [5.41, 5.74) is 0.0609. The summed E-state index contributed by atoms with van der Waals surface area (Å²) < 4.78 is 48.4. The Morgan fingerprint density at radius 2 is 1.90 bits per heavy atom. The summed E-state index contributed by atoms with van der Waals surface area (Å²) in [7, 11) is 1.62. The van der Waals surface area contributed by atoms with Crippen LogP contribution >= 0.6 is 0 Å². The quantitative estimate of drug-likeness (QED) is 0.744. The molecule has 0 aromatic heterocycles. The third-order valence-corrected chi connectivity index (χ3v) is 2.76. The van der Waals surface area contributed by atoms with Crippen molar-refractivity contribution in [1.82, 2.24) is 0 Å². The maximum Gasteiger partial charge on any atom is 0.416 e. The van der Waals surface area contributed by atoms with Crippen molar-refractivity contribution in [1.29, 1.82) is 0 Å². The van der Waals surface area contributed by atoms with Crippen LogP contribution in [-0.2, 0) is 15.7 Å². The van der Waals surface area contributed by atoms with E-state index in [1.165, 1.54) is 13.0 Å². The summed E-state index contributed by atoms with van der Waals surface area (Å²) in [6, 6.07) is 4.22. The van der Waals surface area contributed by atoms with Crippen molar-refractivity contribution in [3.05, 3.63) is 29.3 Å². The van der Waals surface area contributed by atoms with Crippen molar-refractivity contribution in [2.45, 2.75) is 19.5 Å². The molecule has 1 aromatic rings. The van der Waals surface area contributed by atoms with Crippen LogP contribution in [0.5, 0.6) is 0 Å². The van der Waals surface area contributed by atoms with Crippen LogP contribution in [0.4, 0.5) is 18.9 Å². The second-order valence-corrected chi connectivity index (χ2v) is 4.41. The first-order chi connectivity index (χ1) is 9.45. The van der Waals surface area contributed by atoms with E-state index in [1.807, 2.05) is 0 Å². The number of anilines is 1. The molecule has 1 rings (SSSR count). The average molecular weight is 291 g/mol. The van der Waals surface area contributed by atoms with E-state index in [-0.39, 0.29) is 5.56 Å². The van der Waals surface area contributed by atoms with Gasteiger partial charge in [-0.05, 0) is 31.0 Å². The van der Waals surface area contributed by atoms with Gasteiger partial charge in [-0.3, -0.25) is 0 Å². The smallest absolute Gasteiger partial charge is 0.385 e. The molecule has 1 aromatic carbocycles. The van der Waals surface area contributed by atoms with Crippen LogP contribution in [0, 0.1) is 6.92 Å². The molecule has 0 atom stereocenters. The SMILES string of the molecule is COCCCOCCNc1ccc(C)c(C(F)(F)F)c1. The van der Waals surface area contributed by atoms with E-state index >= 15 is 0 Å². The molecule has 1 N–H and O–H groups in total. The third kappa shape index (κ3) is 5.79. The van der Waals surface area contributed by atoms with Gasteiger partial charge in [-0.25, -0.2) is 0 Å². The minimum Gasteiger partial charge on any atom is -0.385 e. The molecule has 0 heterocycles. The highest BCUT2D eigenvalue weighted by atomic mass is 19.4. The van der Waals surface area contributed by atoms with Gasteiger partial charge in [0.2, 0.25) is 0 Å². The van der Waals surface area contributed by atoms with E-state index in [2.05, 4.69) is 5.32 Å². The Morgan fingerprint density at radius 3 is 2.55 bits per heavy atom. The van der Waals surface area contributed by atoms with Crippen LogP contribution in [0.15, 0.2) is 18.2 Å². The Balaban J connectivity index is 2.38. The minimum absolute atomic E-state index is 0.221. The van der Waals surface area contributed by atoms with Gasteiger partial charge in [0, 0.05) is 32.6 Å². The van der Waals surface area contributed by atoms with Crippen LogP contribution in [0.3, 0.4) is 0 Å². The molecule has 3 nitrogen and oxygen atoms in total. The molecular formula is C14H20F3NO2. The lowest BCUT2D eigenvalue weighted by Crippen LogP contribution is -2.12. The van der Waals surface area contributed by atoms with Crippen LogP contribution in [0.1, 0.15) is 17.5 Å². The Bertz CT molecular complexity index is 408. The van der Waals surface area contributed by atoms with Crippen molar-refractivity contribution in [2.24, 2.45) is 0 Å². The van der Waals surface area contributed by atoms with Crippen molar-refractivity contribution >= 4 is 5.69 Å². The molecule has 0 spiro atoms. The summed E-state index contributed by atoms with van der Waals surface area (Å²) >= 11 is 0. The molecule has 0 amide bonds. The average Bonchev–Trinajstić information content (AvgIpc) is 2.38. The number of hydrogen-bond acceptors (Lipinski definition) is 3. The Kier molecular flexibility index (Phi) is 6.81. The largest absolute Gasteiger partial charge is 0.416 e. The molecule has 20 heavy (non-hydrogen) atoms. The van der Waals surface area contributed by atoms with Gasteiger partial charge >= 0.3 is 6.18 Å². The molecule has 0 saturated carbocycles. The molecule has 0 fully saturated rings. The molecule has 0 aliphatic heterocycles. The maximum absolute atomic E-state index is 12.7. The molecule has 114 valence electrons. The number of methoxy groups -OCH3 is 1. The van der Waals surface area contributed by atoms with E-state index in [9.17, 15) is 13.2 Å². The number of alkyl halides is 3. The molecular weight excluding hydrogens is 271 g/mol. The van der Waals surface area contributed by atoms with E-state index in [0.717, 1.165) is 12.5 Å². The van der Waals surface area contributed by atoms with E-state index in [0.29, 0.717) is 32.1 Å². The number of halogens is 3. The number of hydrogen-bond donors (Lipinski definition) is 1. The fraction of sp³-hybridized carbons (Fsp3) is 0.571. The zero-order chi connectivity index (χ0) is 15.0. The highest BCUT2D eigenvalue weighted by Gasteiger charge is 2.32. The number of aryl methyl sites for hydroxylation is 1. The summed E-state index contributed by atoms with van der Waals surface area (Å²) in [4.78, 5) is 0. The highest BCUT2D eigenvalue weighted by Crippen LogP contribution is 2.33. The fourth-order valence-electron chi connectivity index (χ4n) is 1.71. The highest BCUT2D eigenvalue weighted by molar-refractivity contribution is 5.49. The number of ether oxygens (including phenoxy) is 2. The molecule has 0 radical (unpaired) electrons. The van der Waals surface area contributed by atoms with Gasteiger partial charge in [0.1, 0.15) is 0 Å². The van der Waals surface area contributed by atoms with Gasteiger partial charge < -0.3 is 14.8 Å².